The summed E-state index contributed by atoms with van der Waals surface area (Å²) in [6.07, 6.45) is 0. The van der Waals surface area contributed by atoms with E-state index in [4.69, 9.17) is 9.47 Å². The molecule has 1 aliphatic heterocycles. The van der Waals surface area contributed by atoms with E-state index in [-0.39, 0.29) is 6.03 Å². The molecule has 0 fully saturated rings. The molecule has 3 aromatic rings. The van der Waals surface area contributed by atoms with Crippen LogP contribution in [0.3, 0.4) is 0 Å². The molecule has 7 heteroatoms. The third-order valence-electron chi connectivity index (χ3n) is 4.76. The zero-order valence-corrected chi connectivity index (χ0v) is 16.8. The lowest BCUT2D eigenvalue weighted by atomic mass is 10.2. The Morgan fingerprint density at radius 1 is 1.10 bits per heavy atom. The van der Waals surface area contributed by atoms with Gasteiger partial charge in [-0.1, -0.05) is 18.2 Å². The molecule has 2 heterocycles. The number of urea groups is 1. The highest BCUT2D eigenvalue weighted by Crippen LogP contribution is 2.31. The number of anilines is 1. The molecule has 7 nitrogen and oxygen atoms in total. The molecule has 29 heavy (non-hydrogen) atoms. The van der Waals surface area contributed by atoms with Crippen LogP contribution < -0.4 is 14.8 Å². The van der Waals surface area contributed by atoms with Crippen molar-refractivity contribution in [3.8, 4) is 17.2 Å². The first-order valence-corrected chi connectivity index (χ1v) is 9.54. The van der Waals surface area contributed by atoms with Gasteiger partial charge in [0.25, 0.3) is 0 Å². The Morgan fingerprint density at radius 3 is 2.62 bits per heavy atom. The number of para-hydroxylation sites is 2. The second-order valence-electron chi connectivity index (χ2n) is 7.12. The predicted octanol–water partition coefficient (Wildman–Crippen LogP) is 3.92. The van der Waals surface area contributed by atoms with Crippen LogP contribution in [0.2, 0.25) is 0 Å². The van der Waals surface area contributed by atoms with Crippen LogP contribution in [0.4, 0.5) is 10.5 Å². The molecule has 0 aliphatic carbocycles. The van der Waals surface area contributed by atoms with Gasteiger partial charge in [0.05, 0.1) is 17.1 Å². The number of nitrogens with zero attached hydrogens (tertiary/aromatic N) is 3. The maximum Gasteiger partial charge on any atom is 0.321 e. The van der Waals surface area contributed by atoms with Gasteiger partial charge >= 0.3 is 6.03 Å². The molecule has 0 radical (unpaired) electrons. The molecule has 0 saturated heterocycles. The van der Waals surface area contributed by atoms with E-state index in [9.17, 15) is 4.79 Å². The maximum atomic E-state index is 12.8. The third kappa shape index (κ3) is 4.03. The zero-order chi connectivity index (χ0) is 20.4. The number of hydrogen-bond donors (Lipinski definition) is 1. The van der Waals surface area contributed by atoms with Crippen LogP contribution in [-0.2, 0) is 6.54 Å². The number of aromatic nitrogens is 2. The Balaban J connectivity index is 1.49. The van der Waals surface area contributed by atoms with Crippen molar-refractivity contribution in [2.45, 2.75) is 20.4 Å². The van der Waals surface area contributed by atoms with Crippen LogP contribution in [-0.4, -0.2) is 41.0 Å². The van der Waals surface area contributed by atoms with Crippen molar-refractivity contribution in [2.75, 3.05) is 25.6 Å². The molecule has 1 N–H and O–H groups in total. The van der Waals surface area contributed by atoms with Gasteiger partial charge in [-0.05, 0) is 49.7 Å². The van der Waals surface area contributed by atoms with Gasteiger partial charge in [-0.15, -0.1) is 0 Å². The Morgan fingerprint density at radius 2 is 1.86 bits per heavy atom. The SMILES string of the molecule is Cc1cc(C)n(-c2ccccc2NC(=O)N(C)Cc2ccc3c(c2)OCCO3)n1. The standard InChI is InChI=1S/C22H24N4O3/c1-15-12-16(2)26(24-15)19-7-5-4-6-18(19)23-22(27)25(3)14-17-8-9-20-21(13-17)29-11-10-28-20/h4-9,12-13H,10-11,14H2,1-3H3,(H,23,27). The molecule has 4 rings (SSSR count). The maximum absolute atomic E-state index is 12.8. The second-order valence-corrected chi connectivity index (χ2v) is 7.12. The lowest BCUT2D eigenvalue weighted by Crippen LogP contribution is -2.31. The van der Waals surface area contributed by atoms with Crippen molar-refractivity contribution in [3.05, 3.63) is 65.5 Å². The largest absolute Gasteiger partial charge is 0.486 e. The second kappa shape index (κ2) is 7.87. The summed E-state index contributed by atoms with van der Waals surface area (Å²) >= 11 is 0. The molecule has 150 valence electrons. The number of nitrogens with one attached hydrogen (secondary N) is 1. The highest BCUT2D eigenvalue weighted by Gasteiger charge is 2.16. The highest BCUT2D eigenvalue weighted by atomic mass is 16.6. The smallest absolute Gasteiger partial charge is 0.321 e. The van der Waals surface area contributed by atoms with Gasteiger partial charge in [0, 0.05) is 19.3 Å². The van der Waals surface area contributed by atoms with Gasteiger partial charge in [-0.25, -0.2) is 9.48 Å². The molecule has 0 atom stereocenters. The van der Waals surface area contributed by atoms with Crippen LogP contribution in [0.25, 0.3) is 5.69 Å². The van der Waals surface area contributed by atoms with E-state index in [1.807, 2.05) is 67.1 Å². The molecule has 0 unspecified atom stereocenters. The fourth-order valence-electron chi connectivity index (χ4n) is 3.38. The van der Waals surface area contributed by atoms with Gasteiger partial charge in [0.2, 0.25) is 0 Å². The van der Waals surface area contributed by atoms with Crippen LogP contribution in [0.1, 0.15) is 17.0 Å². The molecule has 0 bridgehead atoms. The van der Waals surface area contributed by atoms with Crippen molar-refractivity contribution in [1.29, 1.82) is 0 Å². The number of amides is 2. The Kier molecular flexibility index (Phi) is 5.12. The first-order chi connectivity index (χ1) is 14.0. The molecular formula is C22H24N4O3. The molecule has 2 aromatic carbocycles. The van der Waals surface area contributed by atoms with Gasteiger partial charge in [-0.3, -0.25) is 0 Å². The van der Waals surface area contributed by atoms with Crippen LogP contribution >= 0.6 is 0 Å². The number of carbonyl (C=O) groups is 1. The average Bonchev–Trinajstić information content (AvgIpc) is 3.06. The summed E-state index contributed by atoms with van der Waals surface area (Å²) in [6.45, 7) is 5.49. The monoisotopic (exact) mass is 392 g/mol. The quantitative estimate of drug-likeness (QED) is 0.731. The number of hydrogen-bond acceptors (Lipinski definition) is 4. The number of rotatable bonds is 4. The summed E-state index contributed by atoms with van der Waals surface area (Å²) in [5, 5.41) is 7.53. The third-order valence-corrected chi connectivity index (χ3v) is 4.76. The number of aryl methyl sites for hydroxylation is 2. The van der Waals surface area contributed by atoms with Crippen LogP contribution in [0.5, 0.6) is 11.5 Å². The summed E-state index contributed by atoms with van der Waals surface area (Å²) < 4.78 is 13.0. The van der Waals surface area contributed by atoms with Gasteiger partial charge in [0.1, 0.15) is 13.2 Å². The van der Waals surface area contributed by atoms with Crippen LogP contribution in [0, 0.1) is 13.8 Å². The van der Waals surface area contributed by atoms with E-state index in [0.29, 0.717) is 25.4 Å². The molecule has 1 aromatic heterocycles. The summed E-state index contributed by atoms with van der Waals surface area (Å²) in [5.74, 6) is 1.46. The Bertz CT molecular complexity index is 1040. The molecule has 2 amide bonds. The van der Waals surface area contributed by atoms with E-state index in [1.165, 1.54) is 0 Å². The Labute approximate surface area is 169 Å². The minimum atomic E-state index is -0.200. The highest BCUT2D eigenvalue weighted by molar-refractivity contribution is 5.91. The summed E-state index contributed by atoms with van der Waals surface area (Å²) in [5.41, 5.74) is 4.45. The van der Waals surface area contributed by atoms with E-state index in [0.717, 1.165) is 34.1 Å². The fraction of sp³-hybridized carbons (Fsp3) is 0.273. The van der Waals surface area contributed by atoms with Gasteiger partial charge in [-0.2, -0.15) is 5.10 Å². The van der Waals surface area contributed by atoms with Gasteiger partial charge in [0.15, 0.2) is 11.5 Å². The zero-order valence-electron chi connectivity index (χ0n) is 16.8. The molecule has 1 aliphatic rings. The topological polar surface area (TPSA) is 68.6 Å². The van der Waals surface area contributed by atoms with Crippen molar-refractivity contribution in [3.63, 3.8) is 0 Å². The average molecular weight is 392 g/mol. The van der Waals surface area contributed by atoms with E-state index in [1.54, 1.807) is 11.9 Å². The molecular weight excluding hydrogens is 368 g/mol. The van der Waals surface area contributed by atoms with Crippen molar-refractivity contribution in [2.24, 2.45) is 0 Å². The fourth-order valence-corrected chi connectivity index (χ4v) is 3.38. The molecule has 0 saturated carbocycles. The number of carbonyl (C=O) groups excluding carboxylic acids is 1. The van der Waals surface area contributed by atoms with Crippen molar-refractivity contribution in [1.82, 2.24) is 14.7 Å². The predicted molar refractivity (Wildman–Crippen MR) is 111 cm³/mol. The van der Waals surface area contributed by atoms with Crippen molar-refractivity contribution < 1.29 is 14.3 Å². The first-order valence-electron chi connectivity index (χ1n) is 9.54. The number of benzene rings is 2. The number of fused-ring (bicyclic) bond motifs is 1. The van der Waals surface area contributed by atoms with Gasteiger partial charge < -0.3 is 19.7 Å². The lowest BCUT2D eigenvalue weighted by molar-refractivity contribution is 0.171. The van der Waals surface area contributed by atoms with E-state index in [2.05, 4.69) is 10.4 Å². The van der Waals surface area contributed by atoms with E-state index < -0.39 is 0 Å². The summed E-state index contributed by atoms with van der Waals surface area (Å²) in [7, 11) is 1.76. The normalized spacial score (nSPS) is 12.5. The lowest BCUT2D eigenvalue weighted by Gasteiger charge is -2.22. The summed E-state index contributed by atoms with van der Waals surface area (Å²) in [4.78, 5) is 14.4. The summed E-state index contributed by atoms with van der Waals surface area (Å²) in [6, 6.07) is 15.2. The van der Waals surface area contributed by atoms with E-state index >= 15 is 0 Å². The van der Waals surface area contributed by atoms with Crippen LogP contribution in [0.15, 0.2) is 48.5 Å². The first kappa shape index (κ1) is 18.9. The van der Waals surface area contributed by atoms with Crippen molar-refractivity contribution >= 4 is 11.7 Å². The minimum absolute atomic E-state index is 0.200. The number of ether oxygens (including phenoxy) is 2. The minimum Gasteiger partial charge on any atom is -0.486 e. The Hall–Kier alpha value is -3.48. The molecule has 0 spiro atoms.